The van der Waals surface area contributed by atoms with E-state index in [1.807, 2.05) is 6.92 Å². The summed E-state index contributed by atoms with van der Waals surface area (Å²) < 4.78 is 10.4. The Morgan fingerprint density at radius 1 is 1.41 bits per heavy atom. The van der Waals surface area contributed by atoms with Crippen LogP contribution in [0.1, 0.15) is 34.1 Å². The first kappa shape index (κ1) is 13.7. The van der Waals surface area contributed by atoms with Crippen molar-refractivity contribution in [2.45, 2.75) is 34.1 Å². The second kappa shape index (κ2) is 5.34. The van der Waals surface area contributed by atoms with Crippen LogP contribution < -0.4 is 0 Å². The Bertz CT molecular complexity index is 341. The lowest BCUT2D eigenvalue weighted by atomic mass is 9.70. The molecule has 0 aliphatic heterocycles. The van der Waals surface area contributed by atoms with Crippen molar-refractivity contribution in [1.29, 1.82) is 0 Å². The van der Waals surface area contributed by atoms with E-state index in [0.717, 1.165) is 0 Å². The number of esters is 1. The number of carbonyl (C=O) groups is 2. The SMILES string of the molecule is CCOC(=O)C1CC(OCC)=CC(=O)C1(C)C. The zero-order chi connectivity index (χ0) is 13.1. The second-order valence-corrected chi connectivity index (χ2v) is 4.64. The highest BCUT2D eigenvalue weighted by molar-refractivity contribution is 5.99. The Morgan fingerprint density at radius 2 is 2.06 bits per heavy atom. The smallest absolute Gasteiger partial charge is 0.310 e. The van der Waals surface area contributed by atoms with E-state index in [4.69, 9.17) is 9.47 Å². The molecule has 1 aliphatic rings. The number of carbonyl (C=O) groups excluding carboxylic acids is 2. The van der Waals surface area contributed by atoms with Gasteiger partial charge in [-0.1, -0.05) is 13.8 Å². The third-order valence-electron chi connectivity index (χ3n) is 3.10. The van der Waals surface area contributed by atoms with E-state index in [2.05, 4.69) is 0 Å². The Morgan fingerprint density at radius 3 is 2.59 bits per heavy atom. The van der Waals surface area contributed by atoms with Gasteiger partial charge in [0.15, 0.2) is 5.78 Å². The summed E-state index contributed by atoms with van der Waals surface area (Å²) in [6, 6.07) is 0. The van der Waals surface area contributed by atoms with Gasteiger partial charge in [-0.3, -0.25) is 9.59 Å². The van der Waals surface area contributed by atoms with Crippen LogP contribution in [-0.2, 0) is 19.1 Å². The van der Waals surface area contributed by atoms with E-state index in [1.54, 1.807) is 20.8 Å². The second-order valence-electron chi connectivity index (χ2n) is 4.64. The quantitative estimate of drug-likeness (QED) is 0.706. The molecule has 0 amide bonds. The van der Waals surface area contributed by atoms with Crippen LogP contribution in [0.4, 0.5) is 0 Å². The summed E-state index contributed by atoms with van der Waals surface area (Å²) in [6.07, 6.45) is 1.94. The van der Waals surface area contributed by atoms with Gasteiger partial charge in [-0.05, 0) is 13.8 Å². The molecule has 0 aromatic carbocycles. The molecular formula is C13H20O4. The number of hydrogen-bond donors (Lipinski definition) is 0. The predicted molar refractivity (Wildman–Crippen MR) is 63.2 cm³/mol. The molecule has 4 heteroatoms. The molecule has 0 aromatic rings. The highest BCUT2D eigenvalue weighted by Gasteiger charge is 2.44. The lowest BCUT2D eigenvalue weighted by Gasteiger charge is -2.34. The largest absolute Gasteiger partial charge is 0.498 e. The predicted octanol–water partition coefficient (Wildman–Crippen LogP) is 2.09. The summed E-state index contributed by atoms with van der Waals surface area (Å²) in [5, 5.41) is 0. The maximum atomic E-state index is 12.0. The van der Waals surface area contributed by atoms with Crippen LogP contribution in [0, 0.1) is 11.3 Å². The third-order valence-corrected chi connectivity index (χ3v) is 3.10. The van der Waals surface area contributed by atoms with Crippen LogP contribution >= 0.6 is 0 Å². The fourth-order valence-electron chi connectivity index (χ4n) is 1.93. The fraction of sp³-hybridized carbons (Fsp3) is 0.692. The third kappa shape index (κ3) is 2.87. The van der Waals surface area contributed by atoms with Crippen molar-refractivity contribution in [3.63, 3.8) is 0 Å². The summed E-state index contributed by atoms with van der Waals surface area (Å²) in [5.74, 6) is -0.280. The van der Waals surface area contributed by atoms with Gasteiger partial charge in [0.05, 0.1) is 19.1 Å². The number of allylic oxidation sites excluding steroid dienone is 2. The molecule has 96 valence electrons. The molecule has 0 saturated carbocycles. The van der Waals surface area contributed by atoms with Gasteiger partial charge < -0.3 is 9.47 Å². The van der Waals surface area contributed by atoms with Crippen molar-refractivity contribution in [2.75, 3.05) is 13.2 Å². The first-order valence-electron chi connectivity index (χ1n) is 5.97. The van der Waals surface area contributed by atoms with Crippen LogP contribution in [0.25, 0.3) is 0 Å². The molecule has 0 bridgehead atoms. The molecule has 0 fully saturated rings. The average molecular weight is 240 g/mol. The molecule has 17 heavy (non-hydrogen) atoms. The highest BCUT2D eigenvalue weighted by atomic mass is 16.5. The topological polar surface area (TPSA) is 52.6 Å². The van der Waals surface area contributed by atoms with Gasteiger partial charge >= 0.3 is 5.97 Å². The monoisotopic (exact) mass is 240 g/mol. The number of ether oxygens (including phenoxy) is 2. The molecule has 0 spiro atoms. The molecular weight excluding hydrogens is 220 g/mol. The van der Waals surface area contributed by atoms with E-state index < -0.39 is 11.3 Å². The van der Waals surface area contributed by atoms with Crippen molar-refractivity contribution < 1.29 is 19.1 Å². The molecule has 4 nitrogen and oxygen atoms in total. The van der Waals surface area contributed by atoms with Crippen molar-refractivity contribution in [3.8, 4) is 0 Å². The minimum Gasteiger partial charge on any atom is -0.498 e. The minimum atomic E-state index is -0.715. The number of ketones is 1. The number of rotatable bonds is 4. The lowest BCUT2D eigenvalue weighted by Crippen LogP contribution is -2.41. The molecule has 0 N–H and O–H groups in total. The summed E-state index contributed by atoms with van der Waals surface area (Å²) in [7, 11) is 0. The van der Waals surface area contributed by atoms with E-state index in [0.29, 0.717) is 25.4 Å². The van der Waals surface area contributed by atoms with Gasteiger partial charge in [0.1, 0.15) is 5.76 Å². The molecule has 1 rings (SSSR count). The molecule has 0 aromatic heterocycles. The maximum absolute atomic E-state index is 12.0. The van der Waals surface area contributed by atoms with Gasteiger partial charge in [0.2, 0.25) is 0 Å². The van der Waals surface area contributed by atoms with E-state index >= 15 is 0 Å². The first-order chi connectivity index (χ1) is 7.93. The molecule has 1 unspecified atom stereocenters. The van der Waals surface area contributed by atoms with Crippen LogP contribution in [0.15, 0.2) is 11.8 Å². The molecule has 1 atom stereocenters. The zero-order valence-electron chi connectivity index (χ0n) is 10.9. The van der Waals surface area contributed by atoms with Crippen molar-refractivity contribution in [1.82, 2.24) is 0 Å². The van der Waals surface area contributed by atoms with Crippen molar-refractivity contribution >= 4 is 11.8 Å². The first-order valence-corrected chi connectivity index (χ1v) is 5.97. The molecule has 0 radical (unpaired) electrons. The van der Waals surface area contributed by atoms with Crippen LogP contribution in [0.3, 0.4) is 0 Å². The van der Waals surface area contributed by atoms with Gasteiger partial charge in [-0.25, -0.2) is 0 Å². The lowest BCUT2D eigenvalue weighted by molar-refractivity contribution is -0.156. The van der Waals surface area contributed by atoms with E-state index in [9.17, 15) is 9.59 Å². The Kier molecular flexibility index (Phi) is 4.32. The Hall–Kier alpha value is -1.32. The highest BCUT2D eigenvalue weighted by Crippen LogP contribution is 2.38. The Balaban J connectivity index is 2.93. The van der Waals surface area contributed by atoms with Crippen molar-refractivity contribution in [3.05, 3.63) is 11.8 Å². The Labute approximate surface area is 102 Å². The normalized spacial score (nSPS) is 22.9. The standard InChI is InChI=1S/C13H20O4/c1-5-16-9-7-10(12(15)17-6-2)13(3,4)11(14)8-9/h8,10H,5-7H2,1-4H3. The summed E-state index contributed by atoms with van der Waals surface area (Å²) in [5.41, 5.74) is -0.715. The van der Waals surface area contributed by atoms with Crippen LogP contribution in [0.5, 0.6) is 0 Å². The molecule has 0 heterocycles. The maximum Gasteiger partial charge on any atom is 0.310 e. The van der Waals surface area contributed by atoms with Crippen molar-refractivity contribution in [2.24, 2.45) is 11.3 Å². The van der Waals surface area contributed by atoms with Gasteiger partial charge in [0.25, 0.3) is 0 Å². The van der Waals surface area contributed by atoms with E-state index in [-0.39, 0.29) is 11.8 Å². The van der Waals surface area contributed by atoms with Gasteiger partial charge in [-0.15, -0.1) is 0 Å². The number of hydrogen-bond acceptors (Lipinski definition) is 4. The average Bonchev–Trinajstić information content (AvgIpc) is 2.24. The summed E-state index contributed by atoms with van der Waals surface area (Å²) >= 11 is 0. The molecule has 0 saturated heterocycles. The van der Waals surface area contributed by atoms with Gasteiger partial charge in [-0.2, -0.15) is 0 Å². The van der Waals surface area contributed by atoms with Crippen LogP contribution in [-0.4, -0.2) is 25.0 Å². The van der Waals surface area contributed by atoms with E-state index in [1.165, 1.54) is 6.08 Å². The van der Waals surface area contributed by atoms with Gasteiger partial charge in [0, 0.05) is 17.9 Å². The molecule has 1 aliphatic carbocycles. The fourth-order valence-corrected chi connectivity index (χ4v) is 1.93. The summed E-state index contributed by atoms with van der Waals surface area (Å²) in [4.78, 5) is 23.8. The van der Waals surface area contributed by atoms with Crippen LogP contribution in [0.2, 0.25) is 0 Å². The summed E-state index contributed by atoms with van der Waals surface area (Å²) in [6.45, 7) is 7.98. The minimum absolute atomic E-state index is 0.0785. The zero-order valence-corrected chi connectivity index (χ0v) is 10.9.